The Bertz CT molecular complexity index is 1310. The number of hydrogen-bond acceptors (Lipinski definition) is 7. The van der Waals surface area contributed by atoms with Gasteiger partial charge in [0.2, 0.25) is 5.95 Å². The van der Waals surface area contributed by atoms with Gasteiger partial charge in [-0.1, -0.05) is 11.6 Å². The summed E-state index contributed by atoms with van der Waals surface area (Å²) in [5.74, 6) is -2.04. The Balaban J connectivity index is 1.20. The van der Waals surface area contributed by atoms with Gasteiger partial charge in [-0.3, -0.25) is 4.90 Å². The molecule has 192 valence electrons. The molecule has 4 heterocycles. The van der Waals surface area contributed by atoms with Gasteiger partial charge in [-0.05, 0) is 69.0 Å². The summed E-state index contributed by atoms with van der Waals surface area (Å²) in [4.78, 5) is 11.4. The summed E-state index contributed by atoms with van der Waals surface area (Å²) in [6, 6.07) is 3.24. The van der Waals surface area contributed by atoms with Crippen molar-refractivity contribution in [3.05, 3.63) is 40.8 Å². The molecule has 1 aromatic carbocycles. The minimum absolute atomic E-state index is 0.115. The van der Waals surface area contributed by atoms with E-state index >= 15 is 0 Å². The number of anilines is 2. The molecule has 1 aliphatic carbocycles. The van der Waals surface area contributed by atoms with E-state index in [0.29, 0.717) is 30.8 Å². The fraction of sp³-hybridized carbons (Fsp3) is 0.560. The first kappa shape index (κ1) is 24.0. The highest BCUT2D eigenvalue weighted by Gasteiger charge is 2.59. The summed E-state index contributed by atoms with van der Waals surface area (Å²) in [6.45, 7) is 6.97. The third kappa shape index (κ3) is 4.04. The number of likely N-dealkylation sites (tertiary alicyclic amines) is 1. The molecule has 1 saturated carbocycles. The molecule has 3 atom stereocenters. The number of ether oxygens (including phenoxy) is 1. The van der Waals surface area contributed by atoms with E-state index in [9.17, 15) is 13.9 Å². The lowest BCUT2D eigenvalue weighted by molar-refractivity contribution is -0.00214. The lowest BCUT2D eigenvalue weighted by Crippen LogP contribution is -2.56. The molecule has 2 aliphatic heterocycles. The predicted molar refractivity (Wildman–Crippen MR) is 132 cm³/mol. The standard InChI is InChI=1S/C25H29ClF2N6O2/c1-14-7-16-10-29-23(32-19-11-30-34(22(19)26)20-9-25(20,27)28)31-18(16)8-17(14)15-3-5-33(6-4-15)24(2)13-36-12-21(24)35/h7-8,10-11,15,20-21,35H,3-6,9,12-13H2,1-2H3,(H,29,31,32)/t20-,21-,24+/m0/s1. The van der Waals surface area contributed by atoms with E-state index in [-0.39, 0.29) is 17.1 Å². The van der Waals surface area contributed by atoms with Gasteiger partial charge >= 0.3 is 0 Å². The highest BCUT2D eigenvalue weighted by Crippen LogP contribution is 2.53. The van der Waals surface area contributed by atoms with Gasteiger partial charge in [0, 0.05) is 18.0 Å². The first-order chi connectivity index (χ1) is 17.2. The average Bonchev–Trinajstić information content (AvgIpc) is 3.13. The number of aromatic nitrogens is 4. The Hall–Kier alpha value is -2.40. The number of aliphatic hydroxyl groups excluding tert-OH is 1. The maximum atomic E-state index is 13.4. The zero-order valence-corrected chi connectivity index (χ0v) is 21.0. The van der Waals surface area contributed by atoms with E-state index in [1.54, 1.807) is 6.20 Å². The second-order valence-electron chi connectivity index (χ2n) is 10.5. The number of nitrogens with zero attached hydrogens (tertiary/aromatic N) is 5. The minimum atomic E-state index is -2.76. The molecule has 0 bridgehead atoms. The normalized spacial score (nSPS) is 28.6. The Morgan fingerprint density at radius 2 is 1.97 bits per heavy atom. The van der Waals surface area contributed by atoms with Crippen molar-refractivity contribution in [1.29, 1.82) is 0 Å². The monoisotopic (exact) mass is 518 g/mol. The smallest absolute Gasteiger partial charge is 0.272 e. The Morgan fingerprint density at radius 1 is 1.22 bits per heavy atom. The molecular formula is C25H29ClF2N6O2. The van der Waals surface area contributed by atoms with E-state index in [1.807, 2.05) is 0 Å². The van der Waals surface area contributed by atoms with Crippen LogP contribution < -0.4 is 5.32 Å². The first-order valence-electron chi connectivity index (χ1n) is 12.3. The van der Waals surface area contributed by atoms with Crippen molar-refractivity contribution in [3.63, 3.8) is 0 Å². The SMILES string of the molecule is Cc1cc2cnc(Nc3cnn([C@H]4CC4(F)F)c3Cl)nc2cc1C1CCN([C@]2(C)COC[C@@H]2O)CC1. The second-order valence-corrected chi connectivity index (χ2v) is 10.9. The maximum Gasteiger partial charge on any atom is 0.272 e. The second kappa shape index (κ2) is 8.58. The van der Waals surface area contributed by atoms with Crippen LogP contribution in [0.4, 0.5) is 20.4 Å². The number of aryl methyl sites for hydroxylation is 1. The van der Waals surface area contributed by atoms with Gasteiger partial charge in [-0.25, -0.2) is 23.4 Å². The van der Waals surface area contributed by atoms with Gasteiger partial charge in [0.05, 0.1) is 42.3 Å². The average molecular weight is 519 g/mol. The third-order valence-corrected chi connectivity index (χ3v) is 8.46. The molecule has 11 heteroatoms. The number of benzene rings is 1. The molecule has 0 amide bonds. The van der Waals surface area contributed by atoms with Crippen LogP contribution in [-0.4, -0.2) is 73.6 Å². The third-order valence-electron chi connectivity index (χ3n) is 8.08. The van der Waals surface area contributed by atoms with E-state index in [4.69, 9.17) is 16.3 Å². The van der Waals surface area contributed by atoms with Crippen molar-refractivity contribution in [2.24, 2.45) is 0 Å². The summed E-state index contributed by atoms with van der Waals surface area (Å²) in [6.07, 6.45) is 4.44. The van der Waals surface area contributed by atoms with Gasteiger partial charge in [0.1, 0.15) is 6.04 Å². The van der Waals surface area contributed by atoms with Gasteiger partial charge < -0.3 is 15.2 Å². The number of fused-ring (bicyclic) bond motifs is 1. The van der Waals surface area contributed by atoms with Crippen LogP contribution in [0.2, 0.25) is 5.15 Å². The lowest BCUT2D eigenvalue weighted by Gasteiger charge is -2.43. The number of nitrogens with one attached hydrogen (secondary N) is 1. The van der Waals surface area contributed by atoms with Crippen LogP contribution in [0.15, 0.2) is 24.5 Å². The fourth-order valence-electron chi connectivity index (χ4n) is 5.60. The number of aliphatic hydroxyl groups is 1. The number of alkyl halides is 2. The van der Waals surface area contributed by atoms with Crippen molar-refractivity contribution in [2.45, 2.75) is 62.6 Å². The quantitative estimate of drug-likeness (QED) is 0.516. The number of rotatable bonds is 5. The summed E-state index contributed by atoms with van der Waals surface area (Å²) in [5, 5.41) is 18.5. The van der Waals surface area contributed by atoms with Crippen LogP contribution in [0.5, 0.6) is 0 Å². The Labute approximate surface area is 212 Å². The molecule has 2 N–H and O–H groups in total. The highest BCUT2D eigenvalue weighted by atomic mass is 35.5. The van der Waals surface area contributed by atoms with Crippen LogP contribution >= 0.6 is 11.6 Å². The van der Waals surface area contributed by atoms with Crippen LogP contribution in [-0.2, 0) is 4.74 Å². The van der Waals surface area contributed by atoms with Gasteiger partial charge in [-0.2, -0.15) is 5.10 Å². The zero-order chi connectivity index (χ0) is 25.2. The molecule has 6 rings (SSSR count). The minimum Gasteiger partial charge on any atom is -0.389 e. The molecule has 0 spiro atoms. The zero-order valence-electron chi connectivity index (χ0n) is 20.2. The van der Waals surface area contributed by atoms with Crippen molar-refractivity contribution >= 4 is 34.1 Å². The van der Waals surface area contributed by atoms with E-state index < -0.39 is 18.1 Å². The molecule has 3 aromatic rings. The first-order valence-corrected chi connectivity index (χ1v) is 12.7. The maximum absolute atomic E-state index is 13.4. The van der Waals surface area contributed by atoms with Gasteiger partial charge in [-0.15, -0.1) is 0 Å². The molecule has 2 saturated heterocycles. The van der Waals surface area contributed by atoms with E-state index in [0.717, 1.165) is 41.5 Å². The van der Waals surface area contributed by atoms with Crippen LogP contribution in [0, 0.1) is 6.92 Å². The Morgan fingerprint density at radius 3 is 2.64 bits per heavy atom. The summed E-state index contributed by atoms with van der Waals surface area (Å²) < 4.78 is 33.6. The van der Waals surface area contributed by atoms with Gasteiger partial charge in [0.25, 0.3) is 5.92 Å². The topological polar surface area (TPSA) is 88.3 Å². The molecule has 0 radical (unpaired) electrons. The number of piperidine rings is 1. The van der Waals surface area contributed by atoms with Crippen LogP contribution in [0.1, 0.15) is 49.3 Å². The summed E-state index contributed by atoms with van der Waals surface area (Å²) in [5.41, 5.74) is 3.35. The van der Waals surface area contributed by atoms with E-state index in [1.165, 1.54) is 17.3 Å². The highest BCUT2D eigenvalue weighted by molar-refractivity contribution is 6.32. The van der Waals surface area contributed by atoms with Crippen LogP contribution in [0.25, 0.3) is 10.9 Å². The summed E-state index contributed by atoms with van der Waals surface area (Å²) in [7, 11) is 0. The van der Waals surface area contributed by atoms with E-state index in [2.05, 4.69) is 51.3 Å². The molecule has 2 aromatic heterocycles. The van der Waals surface area contributed by atoms with Crippen molar-refractivity contribution < 1.29 is 18.6 Å². The van der Waals surface area contributed by atoms with Crippen molar-refractivity contribution in [2.75, 3.05) is 31.6 Å². The predicted octanol–water partition coefficient (Wildman–Crippen LogP) is 4.44. The molecule has 8 nitrogen and oxygen atoms in total. The number of halogens is 3. The molecule has 3 aliphatic rings. The number of hydrogen-bond donors (Lipinski definition) is 2. The lowest BCUT2D eigenvalue weighted by atomic mass is 9.84. The summed E-state index contributed by atoms with van der Waals surface area (Å²) >= 11 is 6.30. The molecule has 0 unspecified atom stereocenters. The Kier molecular flexibility index (Phi) is 5.71. The van der Waals surface area contributed by atoms with Crippen molar-refractivity contribution in [3.8, 4) is 0 Å². The largest absolute Gasteiger partial charge is 0.389 e. The van der Waals surface area contributed by atoms with Crippen molar-refractivity contribution in [1.82, 2.24) is 24.6 Å². The molecule has 36 heavy (non-hydrogen) atoms. The molecular weight excluding hydrogens is 490 g/mol. The van der Waals surface area contributed by atoms with Gasteiger partial charge in [0.15, 0.2) is 5.15 Å². The fourth-order valence-corrected chi connectivity index (χ4v) is 5.86. The molecule has 3 fully saturated rings. The van der Waals surface area contributed by atoms with Crippen LogP contribution in [0.3, 0.4) is 0 Å².